The second-order valence-corrected chi connectivity index (χ2v) is 4.62. The Hall–Kier alpha value is -1.97. The maximum absolute atomic E-state index is 11.5. The van der Waals surface area contributed by atoms with Crippen LogP contribution in [-0.2, 0) is 4.79 Å². The van der Waals surface area contributed by atoms with Crippen LogP contribution in [0.25, 0.3) is 6.08 Å². The summed E-state index contributed by atoms with van der Waals surface area (Å²) in [5.74, 6) is 0.611. The molecule has 0 saturated carbocycles. The molecule has 0 aliphatic rings. The van der Waals surface area contributed by atoms with Gasteiger partial charge in [0.25, 0.3) is 0 Å². The van der Waals surface area contributed by atoms with Gasteiger partial charge in [-0.15, -0.1) is 0 Å². The number of unbranched alkanes of at least 4 members (excludes halogenated alkanes) is 1. The van der Waals surface area contributed by atoms with E-state index in [2.05, 4.69) is 12.2 Å². The molecule has 1 rings (SSSR count). The zero-order chi connectivity index (χ0) is 14.8. The van der Waals surface area contributed by atoms with Crippen LogP contribution < -0.4 is 15.8 Å². The van der Waals surface area contributed by atoms with Gasteiger partial charge in [-0.3, -0.25) is 4.79 Å². The highest BCUT2D eigenvalue weighted by molar-refractivity contribution is 5.91. The van der Waals surface area contributed by atoms with Gasteiger partial charge in [0.05, 0.1) is 12.3 Å². The summed E-state index contributed by atoms with van der Waals surface area (Å²) in [6.45, 7) is 5.50. The van der Waals surface area contributed by atoms with Crippen LogP contribution in [-0.4, -0.2) is 19.1 Å². The Kier molecular flexibility index (Phi) is 7.25. The van der Waals surface area contributed by atoms with Crippen molar-refractivity contribution < 1.29 is 9.53 Å². The average Bonchev–Trinajstić information content (AvgIpc) is 2.44. The molecule has 110 valence electrons. The lowest BCUT2D eigenvalue weighted by molar-refractivity contribution is -0.116. The van der Waals surface area contributed by atoms with E-state index >= 15 is 0 Å². The molecule has 0 fully saturated rings. The fourth-order valence-corrected chi connectivity index (χ4v) is 1.63. The number of hydrogen-bond donors (Lipinski definition) is 2. The molecule has 0 aliphatic heterocycles. The van der Waals surface area contributed by atoms with E-state index < -0.39 is 0 Å². The Bertz CT molecular complexity index is 456. The minimum Gasteiger partial charge on any atom is -0.491 e. The molecule has 0 saturated heterocycles. The zero-order valence-corrected chi connectivity index (χ0v) is 12.3. The van der Waals surface area contributed by atoms with Crippen LogP contribution in [0.5, 0.6) is 5.75 Å². The number of amides is 1. The summed E-state index contributed by atoms with van der Waals surface area (Å²) in [5, 5.41) is 2.83. The lowest BCUT2D eigenvalue weighted by atomic mass is 10.1. The van der Waals surface area contributed by atoms with E-state index in [4.69, 9.17) is 10.5 Å². The van der Waals surface area contributed by atoms with E-state index in [0.717, 1.165) is 24.8 Å². The number of hydrogen-bond acceptors (Lipinski definition) is 3. The van der Waals surface area contributed by atoms with E-state index in [1.54, 1.807) is 12.1 Å². The van der Waals surface area contributed by atoms with Gasteiger partial charge in [-0.1, -0.05) is 26.3 Å². The molecule has 0 aromatic heterocycles. The minimum absolute atomic E-state index is 0.0802. The van der Waals surface area contributed by atoms with Crippen LogP contribution in [0.2, 0.25) is 0 Å². The van der Waals surface area contributed by atoms with Crippen molar-refractivity contribution in [2.45, 2.75) is 33.1 Å². The summed E-state index contributed by atoms with van der Waals surface area (Å²) < 4.78 is 5.50. The highest BCUT2D eigenvalue weighted by Crippen LogP contribution is 2.23. The van der Waals surface area contributed by atoms with Crippen molar-refractivity contribution in [3.05, 3.63) is 29.8 Å². The lowest BCUT2D eigenvalue weighted by Crippen LogP contribution is -2.21. The zero-order valence-electron chi connectivity index (χ0n) is 12.3. The molecule has 4 heteroatoms. The third kappa shape index (κ3) is 5.78. The number of anilines is 1. The van der Waals surface area contributed by atoms with E-state index in [-0.39, 0.29) is 5.91 Å². The first-order valence-corrected chi connectivity index (χ1v) is 7.15. The van der Waals surface area contributed by atoms with Crippen molar-refractivity contribution in [1.29, 1.82) is 0 Å². The van der Waals surface area contributed by atoms with Crippen LogP contribution in [0.1, 0.15) is 38.7 Å². The van der Waals surface area contributed by atoms with Gasteiger partial charge in [-0.2, -0.15) is 0 Å². The minimum atomic E-state index is -0.0802. The summed E-state index contributed by atoms with van der Waals surface area (Å²) >= 11 is 0. The number of nitrogens with two attached hydrogens (primary N) is 1. The molecule has 3 N–H and O–H groups in total. The third-order valence-corrected chi connectivity index (χ3v) is 2.75. The highest BCUT2D eigenvalue weighted by Gasteiger charge is 2.00. The van der Waals surface area contributed by atoms with Gasteiger partial charge in [-0.25, -0.2) is 0 Å². The number of ether oxygens (including phenoxy) is 1. The predicted molar refractivity (Wildman–Crippen MR) is 83.6 cm³/mol. The predicted octanol–water partition coefficient (Wildman–Crippen LogP) is 2.99. The van der Waals surface area contributed by atoms with Crippen LogP contribution in [0.15, 0.2) is 24.3 Å². The van der Waals surface area contributed by atoms with Gasteiger partial charge in [0.1, 0.15) is 5.75 Å². The highest BCUT2D eigenvalue weighted by atomic mass is 16.5. The Morgan fingerprint density at radius 1 is 1.35 bits per heavy atom. The van der Waals surface area contributed by atoms with Gasteiger partial charge in [0, 0.05) is 12.6 Å². The molecule has 20 heavy (non-hydrogen) atoms. The van der Waals surface area contributed by atoms with Crippen LogP contribution in [0.3, 0.4) is 0 Å². The molecule has 1 aromatic carbocycles. The number of benzene rings is 1. The van der Waals surface area contributed by atoms with Crippen LogP contribution in [0.4, 0.5) is 5.69 Å². The second kappa shape index (κ2) is 9.02. The maximum Gasteiger partial charge on any atom is 0.243 e. The molecular formula is C16H24N2O2. The fourth-order valence-electron chi connectivity index (χ4n) is 1.63. The van der Waals surface area contributed by atoms with Crippen LogP contribution in [0, 0.1) is 0 Å². The quantitative estimate of drug-likeness (QED) is 0.436. The monoisotopic (exact) mass is 276 g/mol. The van der Waals surface area contributed by atoms with Gasteiger partial charge in [0.15, 0.2) is 0 Å². The van der Waals surface area contributed by atoms with Crippen molar-refractivity contribution in [2.24, 2.45) is 0 Å². The standard InChI is InChI=1S/C16H24N2O2/c1-3-5-10-18-16(19)9-7-13-6-8-15(14(17)12-13)20-11-4-2/h6-9,12H,3-5,10-11,17H2,1-2H3,(H,18,19)/b9-7-. The van der Waals surface area contributed by atoms with Gasteiger partial charge in [0.2, 0.25) is 5.91 Å². The molecule has 0 heterocycles. The Balaban J connectivity index is 2.55. The number of nitrogens with one attached hydrogen (secondary N) is 1. The molecular weight excluding hydrogens is 252 g/mol. The summed E-state index contributed by atoms with van der Waals surface area (Å²) in [7, 11) is 0. The van der Waals surface area contributed by atoms with Crippen molar-refractivity contribution in [1.82, 2.24) is 5.32 Å². The van der Waals surface area contributed by atoms with Crippen molar-refractivity contribution in [3.8, 4) is 5.75 Å². The molecule has 1 aromatic rings. The lowest BCUT2D eigenvalue weighted by Gasteiger charge is -2.08. The number of carbonyl (C=O) groups is 1. The van der Waals surface area contributed by atoms with E-state index in [0.29, 0.717) is 24.6 Å². The average molecular weight is 276 g/mol. The molecule has 0 radical (unpaired) electrons. The van der Waals surface area contributed by atoms with Crippen LogP contribution >= 0.6 is 0 Å². The maximum atomic E-state index is 11.5. The Morgan fingerprint density at radius 3 is 2.80 bits per heavy atom. The largest absolute Gasteiger partial charge is 0.491 e. The summed E-state index contributed by atoms with van der Waals surface area (Å²) in [5.41, 5.74) is 7.38. The van der Waals surface area contributed by atoms with Crippen molar-refractivity contribution in [2.75, 3.05) is 18.9 Å². The first-order valence-electron chi connectivity index (χ1n) is 7.15. The van der Waals surface area contributed by atoms with E-state index in [1.807, 2.05) is 19.1 Å². The van der Waals surface area contributed by atoms with Gasteiger partial charge in [-0.05, 0) is 36.6 Å². The fraction of sp³-hybridized carbons (Fsp3) is 0.438. The topological polar surface area (TPSA) is 64.3 Å². The molecule has 0 atom stereocenters. The summed E-state index contributed by atoms with van der Waals surface area (Å²) in [6, 6.07) is 5.53. The Morgan fingerprint density at radius 2 is 2.15 bits per heavy atom. The van der Waals surface area contributed by atoms with Gasteiger partial charge >= 0.3 is 0 Å². The van der Waals surface area contributed by atoms with Crippen molar-refractivity contribution >= 4 is 17.7 Å². The summed E-state index contributed by atoms with van der Waals surface area (Å²) in [6.07, 6.45) is 6.28. The Labute approximate surface area is 121 Å². The van der Waals surface area contributed by atoms with Gasteiger partial charge < -0.3 is 15.8 Å². The van der Waals surface area contributed by atoms with E-state index in [1.165, 1.54) is 6.08 Å². The third-order valence-electron chi connectivity index (χ3n) is 2.75. The molecule has 4 nitrogen and oxygen atoms in total. The molecule has 1 amide bonds. The molecule has 0 unspecified atom stereocenters. The second-order valence-electron chi connectivity index (χ2n) is 4.62. The molecule has 0 bridgehead atoms. The van der Waals surface area contributed by atoms with Crippen molar-refractivity contribution in [3.63, 3.8) is 0 Å². The first-order chi connectivity index (χ1) is 9.67. The number of nitrogen functional groups attached to an aromatic ring is 1. The number of rotatable bonds is 8. The summed E-state index contributed by atoms with van der Waals surface area (Å²) in [4.78, 5) is 11.5. The molecule has 0 spiro atoms. The number of carbonyl (C=O) groups excluding carboxylic acids is 1. The molecule has 0 aliphatic carbocycles. The smallest absolute Gasteiger partial charge is 0.243 e. The normalized spacial score (nSPS) is 10.7. The SMILES string of the molecule is CCCCNC(=O)/C=C\c1ccc(OCCC)c(N)c1. The van der Waals surface area contributed by atoms with E-state index in [9.17, 15) is 4.79 Å². The first kappa shape index (κ1) is 16.1.